The second-order valence-electron chi connectivity index (χ2n) is 11.2. The number of urea groups is 1. The number of aromatic carboxylic acids is 1. The van der Waals surface area contributed by atoms with Crippen molar-refractivity contribution in [3.63, 3.8) is 0 Å². The second-order valence-corrected chi connectivity index (χ2v) is 14.0. The maximum atomic E-state index is 13.3. The Bertz CT molecular complexity index is 2600. The molecule has 0 atom stereocenters. The second kappa shape index (κ2) is 14.1. The highest BCUT2D eigenvalue weighted by atomic mass is 32.2. The van der Waals surface area contributed by atoms with E-state index in [2.05, 4.69) is 31.7 Å². The number of allylic oxidation sites excluding steroid dienone is 2. The summed E-state index contributed by atoms with van der Waals surface area (Å²) in [6, 6.07) is 20.7. The number of hydrogen-bond donors (Lipinski definition) is 7. The van der Waals surface area contributed by atoms with Gasteiger partial charge in [0, 0.05) is 22.5 Å². The number of anilines is 4. The third kappa shape index (κ3) is 7.92. The number of Topliss-reactive ketones (excluding diaryl/α,β-unsaturated/α-hetero) is 2. The number of hydrazone groups is 2. The van der Waals surface area contributed by atoms with Gasteiger partial charge in [0.25, 0.3) is 20.2 Å². The van der Waals surface area contributed by atoms with Crippen molar-refractivity contribution in [2.24, 2.45) is 10.2 Å². The van der Waals surface area contributed by atoms with Crippen molar-refractivity contribution in [3.8, 4) is 0 Å². The number of carboxylic acid groups (broad SMARTS) is 1. The first kappa shape index (κ1) is 36.0. The fourth-order valence-corrected chi connectivity index (χ4v) is 6.52. The van der Waals surface area contributed by atoms with Gasteiger partial charge in [-0.2, -0.15) is 27.0 Å². The third-order valence-electron chi connectivity index (χ3n) is 7.61. The van der Waals surface area contributed by atoms with E-state index in [-0.39, 0.29) is 44.9 Å². The molecule has 53 heavy (non-hydrogen) atoms. The number of carbonyl (C=O) groups excluding carboxylic acids is 3. The molecule has 0 spiro atoms. The number of nitrogens with one attached hydrogen (secondary N) is 4. The fourth-order valence-electron chi connectivity index (χ4n) is 5.21. The lowest BCUT2D eigenvalue weighted by atomic mass is 9.94. The zero-order valence-corrected chi connectivity index (χ0v) is 28.3. The van der Waals surface area contributed by atoms with Crippen molar-refractivity contribution in [1.82, 2.24) is 0 Å². The van der Waals surface area contributed by atoms with Crippen LogP contribution >= 0.6 is 0 Å². The first-order chi connectivity index (χ1) is 25.1. The molecule has 17 nitrogen and oxygen atoms in total. The Morgan fingerprint density at radius 3 is 1.51 bits per heavy atom. The summed E-state index contributed by atoms with van der Waals surface area (Å²) < 4.78 is 68.7. The standard InChI is InChI=1S/C34H24N6O11S2/c41-31-25-11-9-22(14-19(25)16-27(52(46,47)48)29(31)39-37-21-6-2-1-3-7-21)35-34(45)36-23-10-12-26-20(15-23)17-28(53(49,50)51)30(32(26)42)40-38-24-8-4-5-18(13-24)33(43)44/h1-17,37-38H,(H,43,44)(H2,35,36,45)(H,46,47,48)(H,49,50,51). The Hall–Kier alpha value is -6.80. The molecule has 7 N–H and O–H groups in total. The van der Waals surface area contributed by atoms with Crippen LogP contribution in [0.4, 0.5) is 27.5 Å². The number of hydrogen-bond acceptors (Lipinski definition) is 12. The van der Waals surface area contributed by atoms with E-state index in [9.17, 15) is 50.2 Å². The summed E-state index contributed by atoms with van der Waals surface area (Å²) in [5.41, 5.74) is 4.47. The van der Waals surface area contributed by atoms with Crippen molar-refractivity contribution in [3.05, 3.63) is 129 Å². The lowest BCUT2D eigenvalue weighted by Gasteiger charge is -2.18. The Balaban J connectivity index is 1.22. The van der Waals surface area contributed by atoms with Crippen LogP contribution in [0.3, 0.4) is 0 Å². The molecule has 268 valence electrons. The van der Waals surface area contributed by atoms with Crippen LogP contribution in [0.25, 0.3) is 12.2 Å². The molecule has 4 aromatic carbocycles. The Morgan fingerprint density at radius 1 is 0.566 bits per heavy atom. The summed E-state index contributed by atoms with van der Waals surface area (Å²) in [4.78, 5) is 49.2. The molecule has 2 aliphatic rings. The van der Waals surface area contributed by atoms with Crippen LogP contribution in [0.1, 0.15) is 42.2 Å². The number of ketones is 2. The molecule has 0 unspecified atom stereocenters. The average molecular weight is 757 g/mol. The van der Waals surface area contributed by atoms with Crippen LogP contribution in [-0.4, -0.2) is 66.0 Å². The van der Waals surface area contributed by atoms with E-state index in [0.717, 1.165) is 12.2 Å². The number of carbonyl (C=O) groups is 4. The predicted octanol–water partition coefficient (Wildman–Crippen LogP) is 4.82. The molecular formula is C34H24N6O11S2. The van der Waals surface area contributed by atoms with Crippen LogP contribution in [0.2, 0.25) is 0 Å². The largest absolute Gasteiger partial charge is 0.478 e. The van der Waals surface area contributed by atoms with E-state index in [1.165, 1.54) is 60.7 Å². The molecule has 2 amide bonds. The molecule has 0 saturated heterocycles. The number of para-hydroxylation sites is 1. The highest BCUT2D eigenvalue weighted by Gasteiger charge is 2.34. The minimum Gasteiger partial charge on any atom is -0.478 e. The molecule has 0 bridgehead atoms. The van der Waals surface area contributed by atoms with Crippen molar-refractivity contribution in [2.75, 3.05) is 21.5 Å². The van der Waals surface area contributed by atoms with Crippen LogP contribution in [-0.2, 0) is 20.2 Å². The van der Waals surface area contributed by atoms with Gasteiger partial charge in [0.1, 0.15) is 9.81 Å². The molecule has 0 saturated carbocycles. The number of rotatable bonds is 9. The summed E-state index contributed by atoms with van der Waals surface area (Å²) in [6.45, 7) is 0. The number of benzene rings is 4. The zero-order valence-electron chi connectivity index (χ0n) is 26.6. The highest BCUT2D eigenvalue weighted by molar-refractivity contribution is 7.91. The molecule has 0 radical (unpaired) electrons. The van der Waals surface area contributed by atoms with E-state index in [1.807, 2.05) is 0 Å². The number of nitrogens with zero attached hydrogens (tertiary/aromatic N) is 2. The topological polar surface area (TPSA) is 270 Å². The number of amides is 2. The number of carboxylic acids is 1. The van der Waals surface area contributed by atoms with Gasteiger partial charge in [-0.05, 0) is 90.0 Å². The van der Waals surface area contributed by atoms with Gasteiger partial charge in [-0.15, -0.1) is 0 Å². The number of fused-ring (bicyclic) bond motifs is 2. The van der Waals surface area contributed by atoms with E-state index >= 15 is 0 Å². The van der Waals surface area contributed by atoms with E-state index in [0.29, 0.717) is 5.69 Å². The van der Waals surface area contributed by atoms with Gasteiger partial charge >= 0.3 is 12.0 Å². The van der Waals surface area contributed by atoms with Gasteiger partial charge in [0.15, 0.2) is 11.4 Å². The van der Waals surface area contributed by atoms with Crippen molar-refractivity contribution < 1.29 is 50.2 Å². The SMILES string of the molecule is O=C(Nc1ccc2c(c1)C=C(S(=O)(=O)O)C(=NNc1ccccc1)C2=O)Nc1ccc2c(c1)C=C(S(=O)(=O)O)C(=NNc1cccc(C(=O)O)c1)C2=O. The molecule has 4 aromatic rings. The van der Waals surface area contributed by atoms with Gasteiger partial charge in [0.05, 0.1) is 16.9 Å². The molecule has 6 rings (SSSR count). The first-order valence-corrected chi connectivity index (χ1v) is 17.9. The van der Waals surface area contributed by atoms with Crippen molar-refractivity contribution >= 4 is 90.1 Å². The van der Waals surface area contributed by atoms with Gasteiger partial charge < -0.3 is 15.7 Å². The van der Waals surface area contributed by atoms with Gasteiger partial charge in [-0.25, -0.2) is 9.59 Å². The quantitative estimate of drug-likeness (QED) is 0.0893. The van der Waals surface area contributed by atoms with Gasteiger partial charge in [-0.1, -0.05) is 24.3 Å². The van der Waals surface area contributed by atoms with Crippen LogP contribution in [0, 0.1) is 0 Å². The predicted molar refractivity (Wildman–Crippen MR) is 195 cm³/mol. The minimum absolute atomic E-state index is 0.00152. The summed E-state index contributed by atoms with van der Waals surface area (Å²) >= 11 is 0. The summed E-state index contributed by atoms with van der Waals surface area (Å²) in [5, 5.41) is 22.0. The van der Waals surface area contributed by atoms with Crippen LogP contribution in [0.5, 0.6) is 0 Å². The normalized spacial score (nSPS) is 15.5. The summed E-state index contributed by atoms with van der Waals surface area (Å²) in [5.74, 6) is -2.95. The maximum Gasteiger partial charge on any atom is 0.335 e. The lowest BCUT2D eigenvalue weighted by Crippen LogP contribution is -2.27. The van der Waals surface area contributed by atoms with E-state index in [4.69, 9.17) is 0 Å². The molecule has 0 aromatic heterocycles. The lowest BCUT2D eigenvalue weighted by molar-refractivity contribution is 0.0696. The monoisotopic (exact) mass is 756 g/mol. The van der Waals surface area contributed by atoms with Crippen molar-refractivity contribution in [2.45, 2.75) is 0 Å². The summed E-state index contributed by atoms with van der Waals surface area (Å²) in [6.07, 6.45) is 2.00. The first-order valence-electron chi connectivity index (χ1n) is 15.0. The Kier molecular flexibility index (Phi) is 9.56. The van der Waals surface area contributed by atoms with Crippen molar-refractivity contribution in [1.29, 1.82) is 0 Å². The Labute approximate surface area is 299 Å². The van der Waals surface area contributed by atoms with Crippen LogP contribution < -0.4 is 21.5 Å². The molecular weight excluding hydrogens is 733 g/mol. The summed E-state index contributed by atoms with van der Waals surface area (Å²) in [7, 11) is -9.94. The van der Waals surface area contributed by atoms with E-state index < -0.39 is 65.0 Å². The maximum absolute atomic E-state index is 13.3. The highest BCUT2D eigenvalue weighted by Crippen LogP contribution is 2.30. The molecule has 0 aliphatic heterocycles. The average Bonchev–Trinajstić information content (AvgIpc) is 3.10. The third-order valence-corrected chi connectivity index (χ3v) is 9.35. The molecule has 0 fully saturated rings. The van der Waals surface area contributed by atoms with Gasteiger partial charge in [0.2, 0.25) is 11.6 Å². The zero-order chi connectivity index (χ0) is 38.1. The van der Waals surface area contributed by atoms with E-state index in [1.54, 1.807) is 30.3 Å². The molecule has 0 heterocycles. The fraction of sp³-hybridized carbons (Fsp3) is 0. The Morgan fingerprint density at radius 2 is 1.04 bits per heavy atom. The minimum atomic E-state index is -5.01. The smallest absolute Gasteiger partial charge is 0.335 e. The van der Waals surface area contributed by atoms with Crippen LogP contribution in [0.15, 0.2) is 111 Å². The van der Waals surface area contributed by atoms with Gasteiger partial charge in [-0.3, -0.25) is 29.5 Å². The molecule has 19 heteroatoms. The molecule has 2 aliphatic carbocycles.